The predicted octanol–water partition coefficient (Wildman–Crippen LogP) is 1.30. The van der Waals surface area contributed by atoms with Gasteiger partial charge in [-0.1, -0.05) is 0 Å². The lowest BCUT2D eigenvalue weighted by Crippen LogP contribution is -2.36. The third kappa shape index (κ3) is 3.72. The van der Waals surface area contributed by atoms with Gasteiger partial charge in [0.25, 0.3) is 0 Å². The number of anilines is 1. The maximum Gasteiger partial charge on any atom is 0.145 e. The minimum absolute atomic E-state index is 0.559. The van der Waals surface area contributed by atoms with Crippen molar-refractivity contribution in [3.8, 4) is 0 Å². The number of piperidine rings is 1. The normalized spacial score (nSPS) is 19.5. The van der Waals surface area contributed by atoms with Crippen LogP contribution in [-0.2, 0) is 13.0 Å². The Balaban J connectivity index is 1.60. The van der Waals surface area contributed by atoms with Crippen LogP contribution in [0.2, 0.25) is 0 Å². The molecule has 2 aromatic rings. The first-order valence-corrected chi connectivity index (χ1v) is 7.34. The van der Waals surface area contributed by atoms with E-state index in [-0.39, 0.29) is 0 Å². The molecule has 0 aromatic carbocycles. The van der Waals surface area contributed by atoms with Crippen LogP contribution in [0.4, 0.5) is 5.82 Å². The summed E-state index contributed by atoms with van der Waals surface area (Å²) >= 11 is 0. The molecule has 0 radical (unpaired) electrons. The van der Waals surface area contributed by atoms with E-state index in [1.807, 2.05) is 6.20 Å². The molecular weight excluding hydrogens is 264 g/mol. The van der Waals surface area contributed by atoms with Gasteiger partial charge in [-0.3, -0.25) is 19.9 Å². The average molecular weight is 284 g/mol. The fraction of sp³-hybridized carbons (Fsp3) is 0.467. The molecule has 0 spiro atoms. The van der Waals surface area contributed by atoms with Gasteiger partial charge in [0.15, 0.2) is 0 Å². The van der Waals surface area contributed by atoms with Crippen molar-refractivity contribution < 1.29 is 0 Å². The number of hydrogen-bond donors (Lipinski definition) is 1. The Hall–Kier alpha value is -2.08. The monoisotopic (exact) mass is 284 g/mol. The highest BCUT2D eigenvalue weighted by atomic mass is 15.1. The van der Waals surface area contributed by atoms with Crippen LogP contribution in [0, 0.1) is 5.92 Å². The summed E-state index contributed by atoms with van der Waals surface area (Å²) in [7, 11) is 0. The first kappa shape index (κ1) is 13.9. The standard InChI is InChI=1S/C15H20N6/c16-15-14(19-5-6-20-15)8-12-2-1-7-21(10-12)11-13-9-17-3-4-18-13/h3-6,9,12H,1-2,7-8,10-11H2,(H2,16,20)/t12-/m1/s1. The highest BCUT2D eigenvalue weighted by Gasteiger charge is 2.21. The Morgan fingerprint density at radius 1 is 1.14 bits per heavy atom. The molecule has 0 bridgehead atoms. The van der Waals surface area contributed by atoms with Crippen LogP contribution in [0.1, 0.15) is 24.2 Å². The Kier molecular flexibility index (Phi) is 4.35. The van der Waals surface area contributed by atoms with E-state index >= 15 is 0 Å². The highest BCUT2D eigenvalue weighted by Crippen LogP contribution is 2.22. The molecule has 2 aromatic heterocycles. The minimum Gasteiger partial charge on any atom is -0.382 e. The van der Waals surface area contributed by atoms with Crippen LogP contribution in [0.5, 0.6) is 0 Å². The minimum atomic E-state index is 0.559. The lowest BCUT2D eigenvalue weighted by molar-refractivity contribution is 0.164. The van der Waals surface area contributed by atoms with Crippen molar-refractivity contribution in [2.75, 3.05) is 18.8 Å². The van der Waals surface area contributed by atoms with Gasteiger partial charge in [0.05, 0.1) is 11.4 Å². The van der Waals surface area contributed by atoms with E-state index in [1.54, 1.807) is 24.8 Å². The molecule has 1 saturated heterocycles. The zero-order chi connectivity index (χ0) is 14.5. The molecule has 0 saturated carbocycles. The molecule has 1 aliphatic heterocycles. The number of nitrogen functional groups attached to an aromatic ring is 1. The number of likely N-dealkylation sites (tertiary alicyclic amines) is 1. The predicted molar refractivity (Wildman–Crippen MR) is 80.2 cm³/mol. The van der Waals surface area contributed by atoms with E-state index in [9.17, 15) is 0 Å². The molecule has 0 aliphatic carbocycles. The Morgan fingerprint density at radius 2 is 2.00 bits per heavy atom. The second-order valence-corrected chi connectivity index (χ2v) is 5.53. The SMILES string of the molecule is Nc1nccnc1C[C@H]1CCCN(Cc2cnccn2)C1. The van der Waals surface area contributed by atoms with Crippen molar-refractivity contribution in [2.24, 2.45) is 5.92 Å². The zero-order valence-corrected chi connectivity index (χ0v) is 12.0. The van der Waals surface area contributed by atoms with E-state index in [4.69, 9.17) is 5.73 Å². The Labute approximate surface area is 124 Å². The summed E-state index contributed by atoms with van der Waals surface area (Å²) in [6.45, 7) is 3.02. The summed E-state index contributed by atoms with van der Waals surface area (Å²) in [4.78, 5) is 19.4. The quantitative estimate of drug-likeness (QED) is 0.911. The maximum atomic E-state index is 5.89. The molecule has 3 heterocycles. The number of nitrogens with two attached hydrogens (primary N) is 1. The van der Waals surface area contributed by atoms with Gasteiger partial charge in [-0.05, 0) is 31.7 Å². The number of nitrogens with zero attached hydrogens (tertiary/aromatic N) is 5. The highest BCUT2D eigenvalue weighted by molar-refractivity contribution is 5.33. The van der Waals surface area contributed by atoms with Gasteiger partial charge in [-0.2, -0.15) is 0 Å². The maximum absolute atomic E-state index is 5.89. The van der Waals surface area contributed by atoms with E-state index in [0.717, 1.165) is 37.4 Å². The fourth-order valence-corrected chi connectivity index (χ4v) is 2.91. The number of rotatable bonds is 4. The molecule has 2 N–H and O–H groups in total. The van der Waals surface area contributed by atoms with E-state index in [2.05, 4.69) is 24.8 Å². The van der Waals surface area contributed by atoms with Crippen molar-refractivity contribution >= 4 is 5.82 Å². The van der Waals surface area contributed by atoms with Gasteiger partial charge in [0.1, 0.15) is 5.82 Å². The molecule has 110 valence electrons. The van der Waals surface area contributed by atoms with E-state index in [1.165, 1.54) is 12.8 Å². The molecule has 6 nitrogen and oxygen atoms in total. The molecule has 0 unspecified atom stereocenters. The molecular formula is C15H20N6. The van der Waals surface area contributed by atoms with Crippen LogP contribution in [0.3, 0.4) is 0 Å². The van der Waals surface area contributed by atoms with Gasteiger partial charge < -0.3 is 5.73 Å². The summed E-state index contributed by atoms with van der Waals surface area (Å²) in [5.41, 5.74) is 7.84. The van der Waals surface area contributed by atoms with Crippen LogP contribution < -0.4 is 5.73 Å². The Morgan fingerprint density at radius 3 is 2.81 bits per heavy atom. The van der Waals surface area contributed by atoms with Gasteiger partial charge in [-0.15, -0.1) is 0 Å². The molecule has 1 aliphatic rings. The molecule has 3 rings (SSSR count). The lowest BCUT2D eigenvalue weighted by atomic mass is 9.93. The molecule has 21 heavy (non-hydrogen) atoms. The molecule has 6 heteroatoms. The zero-order valence-electron chi connectivity index (χ0n) is 12.0. The summed E-state index contributed by atoms with van der Waals surface area (Å²) in [6.07, 6.45) is 12.0. The van der Waals surface area contributed by atoms with Gasteiger partial charge in [0, 0.05) is 44.1 Å². The summed E-state index contributed by atoms with van der Waals surface area (Å²) < 4.78 is 0. The van der Waals surface area contributed by atoms with Gasteiger partial charge in [0.2, 0.25) is 0 Å². The summed E-state index contributed by atoms with van der Waals surface area (Å²) in [6, 6.07) is 0. The lowest BCUT2D eigenvalue weighted by Gasteiger charge is -2.32. The van der Waals surface area contributed by atoms with Crippen LogP contribution in [0.25, 0.3) is 0 Å². The number of hydrogen-bond acceptors (Lipinski definition) is 6. The van der Waals surface area contributed by atoms with Crippen molar-refractivity contribution in [1.29, 1.82) is 0 Å². The summed E-state index contributed by atoms with van der Waals surface area (Å²) in [5, 5.41) is 0. The average Bonchev–Trinajstić information content (AvgIpc) is 2.51. The molecule has 1 fully saturated rings. The van der Waals surface area contributed by atoms with E-state index in [0.29, 0.717) is 11.7 Å². The van der Waals surface area contributed by atoms with Crippen LogP contribution in [0.15, 0.2) is 31.0 Å². The van der Waals surface area contributed by atoms with Crippen LogP contribution >= 0.6 is 0 Å². The molecule has 1 atom stereocenters. The Bertz CT molecular complexity index is 573. The second kappa shape index (κ2) is 6.58. The fourth-order valence-electron chi connectivity index (χ4n) is 2.91. The summed E-state index contributed by atoms with van der Waals surface area (Å²) in [5.74, 6) is 1.14. The first-order valence-electron chi connectivity index (χ1n) is 7.34. The number of aromatic nitrogens is 4. The van der Waals surface area contributed by atoms with Gasteiger partial charge in [-0.25, -0.2) is 4.98 Å². The first-order chi connectivity index (χ1) is 10.3. The van der Waals surface area contributed by atoms with Crippen molar-refractivity contribution in [2.45, 2.75) is 25.8 Å². The third-order valence-electron chi connectivity index (χ3n) is 3.89. The molecule has 0 amide bonds. The van der Waals surface area contributed by atoms with E-state index < -0.39 is 0 Å². The van der Waals surface area contributed by atoms with Gasteiger partial charge >= 0.3 is 0 Å². The van der Waals surface area contributed by atoms with Crippen molar-refractivity contribution in [3.05, 3.63) is 42.4 Å². The topological polar surface area (TPSA) is 80.8 Å². The second-order valence-electron chi connectivity index (χ2n) is 5.53. The smallest absolute Gasteiger partial charge is 0.145 e. The van der Waals surface area contributed by atoms with Crippen molar-refractivity contribution in [3.63, 3.8) is 0 Å². The largest absolute Gasteiger partial charge is 0.382 e. The van der Waals surface area contributed by atoms with Crippen molar-refractivity contribution in [1.82, 2.24) is 24.8 Å². The van der Waals surface area contributed by atoms with Crippen LogP contribution in [-0.4, -0.2) is 37.9 Å². The third-order valence-corrected chi connectivity index (χ3v) is 3.89.